The van der Waals surface area contributed by atoms with Gasteiger partial charge in [-0.2, -0.15) is 0 Å². The van der Waals surface area contributed by atoms with Crippen LogP contribution in [0.15, 0.2) is 24.3 Å². The van der Waals surface area contributed by atoms with Gasteiger partial charge in [-0.1, -0.05) is 6.07 Å². The molecule has 1 fully saturated rings. The average Bonchev–Trinajstić information content (AvgIpc) is 2.59. The lowest BCUT2D eigenvalue weighted by Crippen LogP contribution is -2.41. The van der Waals surface area contributed by atoms with Crippen molar-refractivity contribution in [2.24, 2.45) is 0 Å². The lowest BCUT2D eigenvalue weighted by atomic mass is 9.94. The fourth-order valence-electron chi connectivity index (χ4n) is 2.03. The van der Waals surface area contributed by atoms with E-state index in [9.17, 15) is 10.1 Å². The van der Waals surface area contributed by atoms with Crippen molar-refractivity contribution in [1.82, 2.24) is 0 Å². The van der Waals surface area contributed by atoms with Crippen LogP contribution in [0.3, 0.4) is 0 Å². The minimum Gasteiger partial charge on any atom is -0.377 e. The van der Waals surface area contributed by atoms with Crippen molar-refractivity contribution < 1.29 is 9.66 Å². The van der Waals surface area contributed by atoms with Crippen molar-refractivity contribution >= 4 is 11.4 Å². The van der Waals surface area contributed by atoms with Crippen LogP contribution < -0.4 is 5.32 Å². The van der Waals surface area contributed by atoms with Crippen molar-refractivity contribution in [1.29, 1.82) is 0 Å². The van der Waals surface area contributed by atoms with Crippen LogP contribution in [0, 0.1) is 10.1 Å². The maximum Gasteiger partial charge on any atom is 0.271 e. The summed E-state index contributed by atoms with van der Waals surface area (Å²) in [5.41, 5.74) is 0.707. The second kappa shape index (κ2) is 4.33. The minimum absolute atomic E-state index is 0.0989. The highest BCUT2D eigenvalue weighted by atomic mass is 16.6. The Morgan fingerprint density at radius 3 is 2.94 bits per heavy atom. The summed E-state index contributed by atoms with van der Waals surface area (Å²) in [6, 6.07) is 6.56. The van der Waals surface area contributed by atoms with E-state index in [1.807, 2.05) is 13.0 Å². The van der Waals surface area contributed by atoms with E-state index in [-0.39, 0.29) is 22.3 Å². The second-order valence-corrected chi connectivity index (χ2v) is 4.61. The number of nitrogens with one attached hydrogen (secondary N) is 1. The Balaban J connectivity index is 2.18. The van der Waals surface area contributed by atoms with Crippen molar-refractivity contribution in [3.05, 3.63) is 34.4 Å². The minimum atomic E-state index is -0.387. The highest BCUT2D eigenvalue weighted by Crippen LogP contribution is 2.30. The lowest BCUT2D eigenvalue weighted by molar-refractivity contribution is -0.384. The molecule has 1 aromatic carbocycles. The van der Waals surface area contributed by atoms with E-state index in [1.165, 1.54) is 6.07 Å². The van der Waals surface area contributed by atoms with Crippen LogP contribution in [0.2, 0.25) is 0 Å². The third kappa shape index (κ3) is 2.39. The van der Waals surface area contributed by atoms with Crippen molar-refractivity contribution in [2.45, 2.75) is 31.9 Å². The number of nitrogens with zero attached hydrogens (tertiary/aromatic N) is 1. The number of nitro groups is 1. The predicted octanol–water partition coefficient (Wildman–Crippen LogP) is 2.57. The van der Waals surface area contributed by atoms with Crippen LogP contribution in [0.4, 0.5) is 11.4 Å². The number of nitro benzene ring substituents is 1. The molecular formula is C12H16N2O3. The molecular weight excluding hydrogens is 220 g/mol. The zero-order chi connectivity index (χ0) is 12.5. The van der Waals surface area contributed by atoms with Gasteiger partial charge in [0.15, 0.2) is 0 Å². The first-order valence-electron chi connectivity index (χ1n) is 5.65. The van der Waals surface area contributed by atoms with E-state index in [2.05, 4.69) is 12.2 Å². The van der Waals surface area contributed by atoms with E-state index in [4.69, 9.17) is 4.74 Å². The van der Waals surface area contributed by atoms with Gasteiger partial charge in [-0.15, -0.1) is 0 Å². The van der Waals surface area contributed by atoms with E-state index in [0.29, 0.717) is 0 Å². The van der Waals surface area contributed by atoms with Crippen molar-refractivity contribution in [3.8, 4) is 0 Å². The van der Waals surface area contributed by atoms with Gasteiger partial charge in [0.1, 0.15) is 0 Å². The summed E-state index contributed by atoms with van der Waals surface area (Å²) in [5, 5.41) is 14.0. The Bertz CT molecular complexity index is 436. The van der Waals surface area contributed by atoms with Gasteiger partial charge in [0.25, 0.3) is 5.69 Å². The summed E-state index contributed by atoms with van der Waals surface area (Å²) >= 11 is 0. The van der Waals surface area contributed by atoms with Crippen molar-refractivity contribution in [2.75, 3.05) is 11.9 Å². The summed E-state index contributed by atoms with van der Waals surface area (Å²) in [7, 11) is 0. The molecule has 2 rings (SSSR count). The van der Waals surface area contributed by atoms with Crippen LogP contribution in [-0.2, 0) is 4.74 Å². The highest BCUT2D eigenvalue weighted by molar-refractivity contribution is 5.52. The molecule has 2 unspecified atom stereocenters. The molecule has 92 valence electrons. The summed E-state index contributed by atoms with van der Waals surface area (Å²) in [5.74, 6) is 0. The lowest BCUT2D eigenvalue weighted by Gasteiger charge is -2.30. The third-order valence-electron chi connectivity index (χ3n) is 3.37. The first kappa shape index (κ1) is 11.9. The Hall–Kier alpha value is -1.62. The molecule has 1 N–H and O–H groups in total. The molecule has 0 bridgehead atoms. The van der Waals surface area contributed by atoms with Crippen LogP contribution in [0.1, 0.15) is 20.3 Å². The molecule has 5 heteroatoms. The molecule has 1 saturated heterocycles. The van der Waals surface area contributed by atoms with Gasteiger partial charge >= 0.3 is 0 Å². The van der Waals surface area contributed by atoms with E-state index >= 15 is 0 Å². The number of non-ortho nitro benzene ring substituents is 1. The van der Waals surface area contributed by atoms with E-state index < -0.39 is 0 Å². The largest absolute Gasteiger partial charge is 0.377 e. The van der Waals surface area contributed by atoms with E-state index in [0.717, 1.165) is 18.7 Å². The molecule has 1 aliphatic heterocycles. The van der Waals surface area contributed by atoms with Gasteiger partial charge in [-0.25, -0.2) is 0 Å². The molecule has 0 spiro atoms. The van der Waals surface area contributed by atoms with Crippen LogP contribution in [0.25, 0.3) is 0 Å². The number of anilines is 1. The fourth-order valence-corrected chi connectivity index (χ4v) is 2.03. The topological polar surface area (TPSA) is 64.4 Å². The molecule has 2 atom stereocenters. The van der Waals surface area contributed by atoms with Gasteiger partial charge in [0.2, 0.25) is 0 Å². The maximum absolute atomic E-state index is 10.7. The number of hydrogen-bond acceptors (Lipinski definition) is 4. The van der Waals surface area contributed by atoms with Gasteiger partial charge in [-0.05, 0) is 26.3 Å². The first-order valence-corrected chi connectivity index (χ1v) is 5.65. The smallest absolute Gasteiger partial charge is 0.271 e. The first-order chi connectivity index (χ1) is 8.01. The van der Waals surface area contributed by atoms with Gasteiger partial charge in [-0.3, -0.25) is 10.1 Å². The Kier molecular flexibility index (Phi) is 3.02. The molecule has 1 heterocycles. The molecule has 0 saturated carbocycles. The van der Waals surface area contributed by atoms with Crippen molar-refractivity contribution in [3.63, 3.8) is 0 Å². The molecule has 5 nitrogen and oxygen atoms in total. The molecule has 0 radical (unpaired) electrons. The number of benzene rings is 1. The number of rotatable bonds is 3. The molecule has 0 aromatic heterocycles. The Morgan fingerprint density at radius 1 is 1.59 bits per heavy atom. The Morgan fingerprint density at radius 2 is 2.35 bits per heavy atom. The summed E-state index contributed by atoms with van der Waals surface area (Å²) in [4.78, 5) is 10.3. The molecule has 0 aliphatic carbocycles. The van der Waals surface area contributed by atoms with E-state index in [1.54, 1.807) is 12.1 Å². The zero-order valence-electron chi connectivity index (χ0n) is 9.97. The molecule has 1 aromatic rings. The normalized spacial score (nSPS) is 28.0. The summed E-state index contributed by atoms with van der Waals surface area (Å²) < 4.78 is 5.52. The van der Waals surface area contributed by atoms with Crippen LogP contribution in [0.5, 0.6) is 0 Å². The predicted molar refractivity (Wildman–Crippen MR) is 65.2 cm³/mol. The maximum atomic E-state index is 10.7. The van der Waals surface area contributed by atoms with Gasteiger partial charge < -0.3 is 10.1 Å². The number of hydrogen-bond donors (Lipinski definition) is 1. The second-order valence-electron chi connectivity index (χ2n) is 4.61. The molecule has 17 heavy (non-hydrogen) atoms. The number of ether oxygens (including phenoxy) is 1. The van der Waals surface area contributed by atoms with Crippen LogP contribution in [-0.4, -0.2) is 23.2 Å². The molecule has 0 amide bonds. The summed E-state index contributed by atoms with van der Waals surface area (Å²) in [6.45, 7) is 4.81. The fraction of sp³-hybridized carbons (Fsp3) is 0.500. The average molecular weight is 236 g/mol. The quantitative estimate of drug-likeness (QED) is 0.647. The summed E-state index contributed by atoms with van der Waals surface area (Å²) in [6.07, 6.45) is 0.999. The SMILES string of the molecule is CC1OCCC1(C)Nc1cccc([N+](=O)[O-])c1. The Labute approximate surface area is 99.9 Å². The monoisotopic (exact) mass is 236 g/mol. The van der Waals surface area contributed by atoms with Gasteiger partial charge in [0.05, 0.1) is 16.6 Å². The standard InChI is InChI=1S/C12H16N2O3/c1-9-12(2,6-7-17-9)13-10-4-3-5-11(8-10)14(15)16/h3-5,8-9,13H,6-7H2,1-2H3. The van der Waals surface area contributed by atoms with Crippen LogP contribution >= 0.6 is 0 Å². The van der Waals surface area contributed by atoms with Gasteiger partial charge in [0, 0.05) is 24.4 Å². The highest BCUT2D eigenvalue weighted by Gasteiger charge is 2.36. The third-order valence-corrected chi connectivity index (χ3v) is 3.37. The zero-order valence-corrected chi connectivity index (χ0v) is 9.97. The molecule has 1 aliphatic rings.